The summed E-state index contributed by atoms with van der Waals surface area (Å²) in [5, 5.41) is 4.48. The first-order valence-electron chi connectivity index (χ1n) is 11.7. The number of carbonyl (C=O) groups excluding carboxylic acids is 1. The highest BCUT2D eigenvalue weighted by Gasteiger charge is 2.39. The number of benzene rings is 1. The standard InChI is InChI=1S/C25H26F2N8O2/c1-15-33-20(13-35(15)12-16-9-31-24(32-10-16)34-8-6-25(26,27)14-34)23(36)30-11-17-3-4-19-18(21(17)37-2)5-7-29-22(19)28/h3-5,7,9-10,13H,6,8,11-12,14H2,1-2H3,(H2,28,29)(H,30,36). The first-order valence-corrected chi connectivity index (χ1v) is 11.7. The number of nitrogen functional groups attached to an aromatic ring is 1. The molecule has 37 heavy (non-hydrogen) atoms. The number of amides is 1. The largest absolute Gasteiger partial charge is 0.496 e. The van der Waals surface area contributed by atoms with Crippen LogP contribution in [0.3, 0.4) is 0 Å². The quantitative estimate of drug-likeness (QED) is 0.391. The van der Waals surface area contributed by atoms with E-state index in [1.807, 2.05) is 22.8 Å². The van der Waals surface area contributed by atoms with Gasteiger partial charge in [-0.05, 0) is 13.0 Å². The molecule has 1 aliphatic heterocycles. The van der Waals surface area contributed by atoms with Crippen molar-refractivity contribution in [1.82, 2.24) is 29.8 Å². The number of aromatic nitrogens is 5. The van der Waals surface area contributed by atoms with Crippen molar-refractivity contribution >= 4 is 28.4 Å². The van der Waals surface area contributed by atoms with Gasteiger partial charge in [-0.2, -0.15) is 0 Å². The number of nitrogens with zero attached hydrogens (tertiary/aromatic N) is 6. The van der Waals surface area contributed by atoms with Crippen LogP contribution < -0.4 is 20.7 Å². The van der Waals surface area contributed by atoms with E-state index in [0.29, 0.717) is 23.9 Å². The number of aryl methyl sites for hydroxylation is 1. The van der Waals surface area contributed by atoms with Crippen molar-refractivity contribution in [2.45, 2.75) is 32.4 Å². The second-order valence-electron chi connectivity index (χ2n) is 8.95. The third-order valence-electron chi connectivity index (χ3n) is 6.36. The summed E-state index contributed by atoms with van der Waals surface area (Å²) in [6, 6.07) is 5.51. The van der Waals surface area contributed by atoms with Crippen LogP contribution in [0.25, 0.3) is 10.8 Å². The Bertz CT molecular complexity index is 1460. The Morgan fingerprint density at radius 1 is 1.19 bits per heavy atom. The Labute approximate surface area is 211 Å². The number of fused-ring (bicyclic) bond motifs is 1. The molecule has 1 aromatic carbocycles. The van der Waals surface area contributed by atoms with Crippen LogP contribution >= 0.6 is 0 Å². The number of carbonyl (C=O) groups is 1. The Balaban J connectivity index is 1.25. The van der Waals surface area contributed by atoms with E-state index in [1.165, 1.54) is 4.90 Å². The van der Waals surface area contributed by atoms with E-state index in [0.717, 1.165) is 21.9 Å². The number of methoxy groups -OCH3 is 1. The van der Waals surface area contributed by atoms with E-state index in [4.69, 9.17) is 10.5 Å². The monoisotopic (exact) mass is 508 g/mol. The van der Waals surface area contributed by atoms with Crippen molar-refractivity contribution in [3.05, 3.63) is 65.6 Å². The summed E-state index contributed by atoms with van der Waals surface area (Å²) in [5.41, 5.74) is 7.78. The summed E-state index contributed by atoms with van der Waals surface area (Å²) >= 11 is 0. The van der Waals surface area contributed by atoms with Gasteiger partial charge in [-0.1, -0.05) is 12.1 Å². The number of nitrogens with one attached hydrogen (secondary N) is 1. The summed E-state index contributed by atoms with van der Waals surface area (Å²) in [6.07, 6.45) is 6.28. The van der Waals surface area contributed by atoms with Crippen LogP contribution in [-0.2, 0) is 13.1 Å². The molecule has 192 valence electrons. The summed E-state index contributed by atoms with van der Waals surface area (Å²) < 4.78 is 34.3. The van der Waals surface area contributed by atoms with Crippen LogP contribution in [-0.4, -0.2) is 56.5 Å². The Hall–Kier alpha value is -4.35. The molecule has 0 unspecified atom stereocenters. The summed E-state index contributed by atoms with van der Waals surface area (Å²) in [4.78, 5) is 31.3. The average Bonchev–Trinajstić information content (AvgIpc) is 3.44. The normalized spacial score (nSPS) is 14.8. The molecule has 4 heterocycles. The van der Waals surface area contributed by atoms with Crippen molar-refractivity contribution in [3.63, 3.8) is 0 Å². The molecule has 4 aromatic rings. The number of rotatable bonds is 7. The molecule has 10 nitrogen and oxygen atoms in total. The van der Waals surface area contributed by atoms with E-state index >= 15 is 0 Å². The fraction of sp³-hybridized carbons (Fsp3) is 0.320. The first kappa shape index (κ1) is 24.3. The molecular formula is C25H26F2N8O2. The molecule has 0 atom stereocenters. The molecule has 12 heteroatoms. The molecular weight excluding hydrogens is 482 g/mol. The number of hydrogen-bond acceptors (Lipinski definition) is 8. The zero-order chi connectivity index (χ0) is 26.2. The third kappa shape index (κ3) is 4.99. The number of ether oxygens (including phenoxy) is 1. The smallest absolute Gasteiger partial charge is 0.271 e. The number of alkyl halides is 2. The molecule has 0 aliphatic carbocycles. The maximum Gasteiger partial charge on any atom is 0.271 e. The van der Waals surface area contributed by atoms with E-state index in [2.05, 4.69) is 25.3 Å². The minimum absolute atomic E-state index is 0.197. The van der Waals surface area contributed by atoms with Gasteiger partial charge in [-0.3, -0.25) is 4.79 Å². The zero-order valence-corrected chi connectivity index (χ0v) is 20.4. The number of halogens is 2. The lowest BCUT2D eigenvalue weighted by atomic mass is 10.1. The van der Waals surface area contributed by atoms with Gasteiger partial charge in [-0.25, -0.2) is 28.7 Å². The minimum atomic E-state index is -2.71. The van der Waals surface area contributed by atoms with Gasteiger partial charge in [0.25, 0.3) is 11.8 Å². The molecule has 3 aromatic heterocycles. The lowest BCUT2D eigenvalue weighted by Crippen LogP contribution is -2.26. The van der Waals surface area contributed by atoms with Gasteiger partial charge in [0.05, 0.1) is 20.2 Å². The minimum Gasteiger partial charge on any atom is -0.496 e. The van der Waals surface area contributed by atoms with Crippen LogP contribution in [0.2, 0.25) is 0 Å². The fourth-order valence-corrected chi connectivity index (χ4v) is 4.42. The predicted molar refractivity (Wildman–Crippen MR) is 134 cm³/mol. The molecule has 0 radical (unpaired) electrons. The zero-order valence-electron chi connectivity index (χ0n) is 20.4. The number of hydrogen-bond donors (Lipinski definition) is 2. The van der Waals surface area contributed by atoms with Crippen LogP contribution in [0.1, 0.15) is 33.9 Å². The highest BCUT2D eigenvalue weighted by molar-refractivity contribution is 5.96. The van der Waals surface area contributed by atoms with Crippen molar-refractivity contribution in [2.24, 2.45) is 0 Å². The summed E-state index contributed by atoms with van der Waals surface area (Å²) in [7, 11) is 1.57. The molecule has 1 aliphatic rings. The Morgan fingerprint density at radius 2 is 1.97 bits per heavy atom. The SMILES string of the molecule is COc1c(CNC(=O)c2cn(Cc3cnc(N4CCC(F)(F)C4)nc3)c(C)n2)ccc2c(N)nccc12. The average molecular weight is 509 g/mol. The van der Waals surface area contributed by atoms with Gasteiger partial charge in [0.15, 0.2) is 0 Å². The molecule has 0 bridgehead atoms. The Morgan fingerprint density at radius 3 is 2.68 bits per heavy atom. The number of pyridine rings is 1. The van der Waals surface area contributed by atoms with Crippen molar-refractivity contribution in [1.29, 1.82) is 0 Å². The molecule has 0 spiro atoms. The van der Waals surface area contributed by atoms with Crippen molar-refractivity contribution in [2.75, 3.05) is 30.8 Å². The van der Waals surface area contributed by atoms with Crippen LogP contribution in [0, 0.1) is 6.92 Å². The fourth-order valence-electron chi connectivity index (χ4n) is 4.42. The highest BCUT2D eigenvalue weighted by atomic mass is 19.3. The van der Waals surface area contributed by atoms with Gasteiger partial charge >= 0.3 is 0 Å². The molecule has 1 amide bonds. The van der Waals surface area contributed by atoms with Gasteiger partial charge < -0.3 is 25.3 Å². The van der Waals surface area contributed by atoms with Gasteiger partial charge in [0.2, 0.25) is 5.95 Å². The van der Waals surface area contributed by atoms with E-state index in [-0.39, 0.29) is 43.6 Å². The second kappa shape index (κ2) is 9.60. The van der Waals surface area contributed by atoms with E-state index in [9.17, 15) is 13.6 Å². The van der Waals surface area contributed by atoms with E-state index in [1.54, 1.807) is 38.8 Å². The van der Waals surface area contributed by atoms with Gasteiger partial charge in [0.1, 0.15) is 23.1 Å². The van der Waals surface area contributed by atoms with Crippen molar-refractivity contribution in [3.8, 4) is 5.75 Å². The molecule has 1 saturated heterocycles. The first-order chi connectivity index (χ1) is 17.7. The van der Waals surface area contributed by atoms with Crippen LogP contribution in [0.15, 0.2) is 43.0 Å². The highest BCUT2D eigenvalue weighted by Crippen LogP contribution is 2.32. The van der Waals surface area contributed by atoms with Crippen molar-refractivity contribution < 1.29 is 18.3 Å². The summed E-state index contributed by atoms with van der Waals surface area (Å²) in [5.74, 6) is -1.09. The number of anilines is 2. The maximum atomic E-state index is 13.5. The van der Waals surface area contributed by atoms with E-state index < -0.39 is 5.92 Å². The summed E-state index contributed by atoms with van der Waals surface area (Å²) in [6.45, 7) is 2.26. The van der Waals surface area contributed by atoms with Crippen LogP contribution in [0.4, 0.5) is 20.5 Å². The van der Waals surface area contributed by atoms with Gasteiger partial charge in [-0.15, -0.1) is 0 Å². The van der Waals surface area contributed by atoms with Crippen LogP contribution in [0.5, 0.6) is 5.75 Å². The second-order valence-corrected chi connectivity index (χ2v) is 8.95. The maximum absolute atomic E-state index is 13.5. The Kier molecular flexibility index (Phi) is 6.32. The molecule has 5 rings (SSSR count). The predicted octanol–water partition coefficient (Wildman–Crippen LogP) is 2.94. The topological polar surface area (TPSA) is 124 Å². The lowest BCUT2D eigenvalue weighted by molar-refractivity contribution is 0.0256. The molecule has 3 N–H and O–H groups in total. The number of nitrogens with two attached hydrogens (primary N) is 1. The van der Waals surface area contributed by atoms with Gasteiger partial charge in [0, 0.05) is 66.2 Å². The number of imidazole rings is 1. The molecule has 0 saturated carbocycles. The third-order valence-corrected chi connectivity index (χ3v) is 6.36. The lowest BCUT2D eigenvalue weighted by Gasteiger charge is -2.15. The molecule has 1 fully saturated rings.